The number of urea groups is 1. The molecule has 13 heteroatoms. The van der Waals surface area contributed by atoms with Gasteiger partial charge in [-0.2, -0.15) is 0 Å². The Morgan fingerprint density at radius 2 is 1.56 bits per heavy atom. The second-order valence-electron chi connectivity index (χ2n) is 13.2. The minimum Gasteiger partial charge on any atom is -0.494 e. The molecule has 1 atom stereocenters. The van der Waals surface area contributed by atoms with Crippen molar-refractivity contribution in [1.82, 2.24) is 10.2 Å². The maximum absolute atomic E-state index is 13.7. The fraction of sp³-hybridized carbons (Fsp3) is 0.432. The lowest BCUT2D eigenvalue weighted by Crippen LogP contribution is -2.55. The van der Waals surface area contributed by atoms with Crippen LogP contribution in [-0.4, -0.2) is 82.0 Å². The van der Waals surface area contributed by atoms with Crippen LogP contribution < -0.4 is 29.7 Å². The van der Waals surface area contributed by atoms with E-state index >= 15 is 0 Å². The number of carbonyl (C=O) groups excluding carboxylic acids is 3. The van der Waals surface area contributed by atoms with E-state index in [1.807, 2.05) is 41.3 Å². The Morgan fingerprint density at radius 1 is 0.920 bits per heavy atom. The Balaban J connectivity index is 1.37. The van der Waals surface area contributed by atoms with E-state index in [-0.39, 0.29) is 39.0 Å². The highest BCUT2D eigenvalue weighted by atomic mass is 35.5. The van der Waals surface area contributed by atoms with Gasteiger partial charge in [-0.05, 0) is 74.2 Å². The second kappa shape index (κ2) is 15.4. The number of benzene rings is 3. The van der Waals surface area contributed by atoms with Crippen molar-refractivity contribution in [3.8, 4) is 17.2 Å². The van der Waals surface area contributed by atoms with Crippen molar-refractivity contribution >= 4 is 52.4 Å². The molecule has 0 aromatic heterocycles. The second-order valence-corrected chi connectivity index (χ2v) is 14.0. The number of nitrogens with zero attached hydrogens (tertiary/aromatic N) is 2. The predicted molar refractivity (Wildman–Crippen MR) is 195 cm³/mol. The van der Waals surface area contributed by atoms with Gasteiger partial charge in [0.15, 0.2) is 11.5 Å². The third kappa shape index (κ3) is 7.60. The van der Waals surface area contributed by atoms with Gasteiger partial charge in [0.05, 0.1) is 44.1 Å². The third-order valence-corrected chi connectivity index (χ3v) is 9.79. The molecule has 2 heterocycles. The molecule has 0 aliphatic carbocycles. The molecule has 50 heavy (non-hydrogen) atoms. The van der Waals surface area contributed by atoms with Crippen LogP contribution in [0.5, 0.6) is 17.2 Å². The van der Waals surface area contributed by atoms with Gasteiger partial charge in [-0.1, -0.05) is 42.3 Å². The molecule has 5 rings (SSSR count). The normalized spacial score (nSPS) is 18.2. The molecule has 0 spiro atoms. The molecule has 11 nitrogen and oxygen atoms in total. The van der Waals surface area contributed by atoms with E-state index in [0.29, 0.717) is 63.7 Å². The zero-order valence-electron chi connectivity index (χ0n) is 29.3. The molecule has 2 aliphatic rings. The fourth-order valence-corrected chi connectivity index (χ4v) is 7.73. The van der Waals surface area contributed by atoms with Crippen LogP contribution in [0.3, 0.4) is 0 Å². The molecular weight excluding hydrogens is 683 g/mol. The number of hydrogen-bond acceptors (Lipinski definition) is 7. The number of ether oxygens (including phenoxy) is 4. The number of hydrogen-bond donors (Lipinski definition) is 2. The van der Waals surface area contributed by atoms with E-state index in [1.54, 1.807) is 17.9 Å². The van der Waals surface area contributed by atoms with Gasteiger partial charge in [0.25, 0.3) is 5.91 Å². The van der Waals surface area contributed by atoms with E-state index in [4.69, 9.17) is 42.1 Å². The summed E-state index contributed by atoms with van der Waals surface area (Å²) in [6, 6.07) is 14.8. The Kier molecular flexibility index (Phi) is 11.4. The lowest BCUT2D eigenvalue weighted by Gasteiger charge is -2.51. The highest BCUT2D eigenvalue weighted by molar-refractivity contribution is 6.38. The number of rotatable bonds is 10. The number of carbonyl (C=O) groups is 3. The van der Waals surface area contributed by atoms with Crippen molar-refractivity contribution in [3.63, 3.8) is 0 Å². The van der Waals surface area contributed by atoms with E-state index in [1.165, 1.54) is 20.3 Å². The summed E-state index contributed by atoms with van der Waals surface area (Å²) >= 11 is 12.7. The van der Waals surface area contributed by atoms with E-state index < -0.39 is 16.9 Å². The average molecular weight is 728 g/mol. The molecule has 0 saturated carbocycles. The topological polar surface area (TPSA) is 119 Å². The molecule has 2 N–H and O–H groups in total. The molecule has 1 unspecified atom stereocenters. The van der Waals surface area contributed by atoms with Crippen molar-refractivity contribution < 1.29 is 33.3 Å². The predicted octanol–water partition coefficient (Wildman–Crippen LogP) is 6.91. The van der Waals surface area contributed by atoms with Crippen LogP contribution in [0.25, 0.3) is 0 Å². The standard InChI is InChI=1S/C37H44Cl2N4O7/c1-23(44)43-30-13-10-25(41-34(45)31-32(47-5)28(38)21-29(39)33(31)48-6)20-27(30)37(4,22-36(43,2)3)24-8-11-26(12-9-24)50-17-7-14-40-35(46)42-15-18-49-19-16-42/h8-13,20-21H,7,14-19,22H2,1-6H3,(H,40,46)(H,41,45). The molecule has 1 fully saturated rings. The summed E-state index contributed by atoms with van der Waals surface area (Å²) in [6.07, 6.45) is 1.27. The molecule has 3 aromatic rings. The highest BCUT2D eigenvalue weighted by Gasteiger charge is 2.47. The molecule has 0 bridgehead atoms. The Hall–Kier alpha value is -4.19. The minimum absolute atomic E-state index is 0.0644. The number of anilines is 2. The average Bonchev–Trinajstić information content (AvgIpc) is 3.08. The number of morpholine rings is 1. The van der Waals surface area contributed by atoms with E-state index in [2.05, 4.69) is 31.4 Å². The Morgan fingerprint density at radius 3 is 2.16 bits per heavy atom. The van der Waals surface area contributed by atoms with Gasteiger partial charge in [-0.15, -0.1) is 0 Å². The summed E-state index contributed by atoms with van der Waals surface area (Å²) < 4.78 is 22.2. The van der Waals surface area contributed by atoms with Crippen LogP contribution >= 0.6 is 23.2 Å². The van der Waals surface area contributed by atoms with Crippen molar-refractivity contribution in [3.05, 3.63) is 75.3 Å². The highest BCUT2D eigenvalue weighted by Crippen LogP contribution is 2.51. The van der Waals surface area contributed by atoms with Gasteiger partial charge >= 0.3 is 6.03 Å². The maximum atomic E-state index is 13.7. The first-order valence-electron chi connectivity index (χ1n) is 16.5. The largest absolute Gasteiger partial charge is 0.494 e. The molecule has 2 aliphatic heterocycles. The van der Waals surface area contributed by atoms with Gasteiger partial charge in [0.2, 0.25) is 5.91 Å². The van der Waals surface area contributed by atoms with Crippen LogP contribution in [0.2, 0.25) is 10.0 Å². The van der Waals surface area contributed by atoms with Crippen molar-refractivity contribution in [2.75, 3.05) is 63.9 Å². The van der Waals surface area contributed by atoms with Crippen LogP contribution in [0.4, 0.5) is 16.2 Å². The van der Waals surface area contributed by atoms with Gasteiger partial charge in [0, 0.05) is 48.9 Å². The number of methoxy groups -OCH3 is 2. The Labute approximate surface area is 303 Å². The van der Waals surface area contributed by atoms with Crippen molar-refractivity contribution in [1.29, 1.82) is 0 Å². The van der Waals surface area contributed by atoms with E-state index in [9.17, 15) is 14.4 Å². The minimum atomic E-state index is -0.553. The first-order chi connectivity index (χ1) is 23.8. The maximum Gasteiger partial charge on any atom is 0.317 e. The number of fused-ring (bicyclic) bond motifs is 1. The number of nitrogens with one attached hydrogen (secondary N) is 2. The quantitative estimate of drug-likeness (QED) is 0.218. The molecule has 3 aromatic carbocycles. The summed E-state index contributed by atoms with van der Waals surface area (Å²) in [5.41, 5.74) is 2.15. The van der Waals surface area contributed by atoms with Gasteiger partial charge in [-0.3, -0.25) is 9.59 Å². The zero-order valence-corrected chi connectivity index (χ0v) is 30.8. The first kappa shape index (κ1) is 37.1. The number of amides is 4. The van der Waals surface area contributed by atoms with E-state index in [0.717, 1.165) is 16.8 Å². The lowest BCUT2D eigenvalue weighted by atomic mass is 9.65. The van der Waals surface area contributed by atoms with Gasteiger partial charge in [-0.25, -0.2) is 4.79 Å². The molecule has 268 valence electrons. The summed E-state index contributed by atoms with van der Waals surface area (Å²) in [7, 11) is 2.83. The Bertz CT molecular complexity index is 1720. The summed E-state index contributed by atoms with van der Waals surface area (Å²) in [6.45, 7) is 11.1. The zero-order chi connectivity index (χ0) is 36.2. The first-order valence-corrected chi connectivity index (χ1v) is 17.3. The third-order valence-electron chi connectivity index (χ3n) is 9.23. The summed E-state index contributed by atoms with van der Waals surface area (Å²) in [5.74, 6) is 0.381. The summed E-state index contributed by atoms with van der Waals surface area (Å²) in [5, 5.41) is 6.24. The molecule has 1 saturated heterocycles. The van der Waals surface area contributed by atoms with Crippen LogP contribution in [0.1, 0.15) is 62.0 Å². The molecule has 4 amide bonds. The van der Waals surface area contributed by atoms with Gasteiger partial charge < -0.3 is 39.4 Å². The van der Waals surface area contributed by atoms with Crippen molar-refractivity contribution in [2.24, 2.45) is 0 Å². The smallest absolute Gasteiger partial charge is 0.317 e. The monoisotopic (exact) mass is 726 g/mol. The van der Waals surface area contributed by atoms with Crippen LogP contribution in [-0.2, 0) is 14.9 Å². The molecule has 0 radical (unpaired) electrons. The number of halogens is 2. The fourth-order valence-electron chi connectivity index (χ4n) is 7.11. The SMILES string of the molecule is COc1c(Cl)cc(Cl)c(OC)c1C(=O)Nc1ccc2c(c1)C(C)(c1ccc(OCCCNC(=O)N3CCOCC3)cc1)CC(C)(C)N2C(C)=O. The van der Waals surface area contributed by atoms with Crippen LogP contribution in [0, 0.1) is 0 Å². The van der Waals surface area contributed by atoms with Crippen molar-refractivity contribution in [2.45, 2.75) is 51.5 Å². The summed E-state index contributed by atoms with van der Waals surface area (Å²) in [4.78, 5) is 42.7. The van der Waals surface area contributed by atoms with Crippen LogP contribution in [0.15, 0.2) is 48.5 Å². The van der Waals surface area contributed by atoms with Gasteiger partial charge in [0.1, 0.15) is 11.3 Å². The lowest BCUT2D eigenvalue weighted by molar-refractivity contribution is -0.117. The molecular formula is C37H44Cl2N4O7.